The molecule has 0 bridgehead atoms. The van der Waals surface area contributed by atoms with Gasteiger partial charge < -0.3 is 19.7 Å². The molecule has 7 heteroatoms. The van der Waals surface area contributed by atoms with Gasteiger partial charge in [0.2, 0.25) is 5.76 Å². The summed E-state index contributed by atoms with van der Waals surface area (Å²) in [4.78, 5) is 24.1. The van der Waals surface area contributed by atoms with Gasteiger partial charge in [0.25, 0.3) is 0 Å². The normalized spacial score (nSPS) is 19.8. The van der Waals surface area contributed by atoms with E-state index in [1.807, 2.05) is 40.7 Å². The summed E-state index contributed by atoms with van der Waals surface area (Å²) in [6.07, 6.45) is 3.79. The fourth-order valence-electron chi connectivity index (χ4n) is 4.30. The molecule has 0 saturated carbocycles. The van der Waals surface area contributed by atoms with Crippen LogP contribution in [0.25, 0.3) is 11.6 Å². The first-order valence-corrected chi connectivity index (χ1v) is 11.4. The zero-order valence-electron chi connectivity index (χ0n) is 20.4. The Morgan fingerprint density at radius 1 is 1.12 bits per heavy atom. The number of rotatable bonds is 5. The Labute approximate surface area is 193 Å². The van der Waals surface area contributed by atoms with E-state index in [4.69, 9.17) is 14.2 Å². The van der Waals surface area contributed by atoms with Crippen LogP contribution in [-0.2, 0) is 9.78 Å². The van der Waals surface area contributed by atoms with Gasteiger partial charge in [0.05, 0.1) is 28.4 Å². The highest BCUT2D eigenvalue weighted by molar-refractivity contribution is 5.52. The third kappa shape index (κ3) is 4.34. The molecule has 2 heterocycles. The van der Waals surface area contributed by atoms with Gasteiger partial charge in [-0.3, -0.25) is 9.78 Å². The molecule has 33 heavy (non-hydrogen) atoms. The first kappa shape index (κ1) is 24.7. The molecule has 1 aromatic rings. The minimum absolute atomic E-state index is 0.0880. The van der Waals surface area contributed by atoms with Crippen LogP contribution >= 0.6 is 0 Å². The van der Waals surface area contributed by atoms with Gasteiger partial charge in [-0.2, -0.15) is 0 Å². The first-order valence-electron chi connectivity index (χ1n) is 11.4. The van der Waals surface area contributed by atoms with Crippen LogP contribution in [0.3, 0.4) is 0 Å². The van der Waals surface area contributed by atoms with E-state index >= 15 is 0 Å². The number of hydrogen-bond acceptors (Lipinski definition) is 7. The number of allylic oxidation sites excluding steroid dienone is 2. The molecule has 0 fully saturated rings. The van der Waals surface area contributed by atoms with Gasteiger partial charge in [-0.1, -0.05) is 39.8 Å². The number of fused-ring (bicyclic) bond motifs is 1. The fourth-order valence-corrected chi connectivity index (χ4v) is 4.30. The maximum atomic E-state index is 13.1. The first-order chi connectivity index (χ1) is 15.5. The Bertz CT molecular complexity index is 1210. The van der Waals surface area contributed by atoms with Gasteiger partial charge in [-0.05, 0) is 56.6 Å². The van der Waals surface area contributed by atoms with Crippen LogP contribution in [0.4, 0.5) is 0 Å². The van der Waals surface area contributed by atoms with E-state index in [1.165, 1.54) is 6.92 Å². The van der Waals surface area contributed by atoms with Crippen LogP contribution in [0.15, 0.2) is 43.7 Å². The van der Waals surface area contributed by atoms with Crippen molar-refractivity contribution >= 4 is 11.6 Å². The molecule has 2 unspecified atom stereocenters. The van der Waals surface area contributed by atoms with E-state index in [9.17, 15) is 20.1 Å². The van der Waals surface area contributed by atoms with Gasteiger partial charge in [0.1, 0.15) is 11.2 Å². The Kier molecular flexibility index (Phi) is 7.12. The molecular weight excluding hydrogens is 424 g/mol. The van der Waals surface area contributed by atoms with Crippen molar-refractivity contribution in [3.8, 4) is 5.75 Å². The van der Waals surface area contributed by atoms with Crippen molar-refractivity contribution in [1.82, 2.24) is 0 Å². The number of hydrogen-bond donors (Lipinski definition) is 3. The van der Waals surface area contributed by atoms with Crippen molar-refractivity contribution in [1.29, 1.82) is 0 Å². The molecule has 1 aliphatic carbocycles. The summed E-state index contributed by atoms with van der Waals surface area (Å²) in [6, 6.07) is 0. The molecule has 3 N–H and O–H groups in total. The summed E-state index contributed by atoms with van der Waals surface area (Å²) in [5.74, 6) is -1.16. The molecular formula is C26H34O7. The van der Waals surface area contributed by atoms with Gasteiger partial charge in [-0.15, -0.1) is 0 Å². The topological polar surface area (TPSA) is 109 Å². The van der Waals surface area contributed by atoms with Gasteiger partial charge >= 0.3 is 5.63 Å². The maximum absolute atomic E-state index is 13.1. The van der Waals surface area contributed by atoms with Gasteiger partial charge in [-0.25, -0.2) is 4.79 Å². The molecule has 0 aromatic carbocycles. The number of aliphatic hydroxyl groups is 2. The highest BCUT2D eigenvalue weighted by Gasteiger charge is 2.40. The summed E-state index contributed by atoms with van der Waals surface area (Å²) < 4.78 is 5.63. The van der Waals surface area contributed by atoms with E-state index < -0.39 is 17.6 Å². The van der Waals surface area contributed by atoms with Crippen LogP contribution in [0.2, 0.25) is 0 Å². The summed E-state index contributed by atoms with van der Waals surface area (Å²) >= 11 is 0. The van der Waals surface area contributed by atoms with Crippen LogP contribution in [0.1, 0.15) is 72.8 Å². The molecule has 180 valence electrons. The predicted octanol–water partition coefficient (Wildman–Crippen LogP) is 3.80. The van der Waals surface area contributed by atoms with E-state index in [0.29, 0.717) is 28.4 Å². The molecule has 3 rings (SSSR count). The van der Waals surface area contributed by atoms with Crippen molar-refractivity contribution in [3.05, 3.63) is 61.1 Å². The highest BCUT2D eigenvalue weighted by atomic mass is 17.2. The Balaban J connectivity index is 2.28. The van der Waals surface area contributed by atoms with Crippen molar-refractivity contribution in [3.63, 3.8) is 0 Å². The Hall–Kier alpha value is -2.93. The quantitative estimate of drug-likeness (QED) is 0.576. The average molecular weight is 459 g/mol. The molecule has 0 saturated heterocycles. The van der Waals surface area contributed by atoms with Crippen molar-refractivity contribution in [2.45, 2.75) is 73.3 Å². The summed E-state index contributed by atoms with van der Waals surface area (Å²) in [5.41, 5.74) is 1.56. The van der Waals surface area contributed by atoms with E-state index in [1.54, 1.807) is 13.0 Å². The van der Waals surface area contributed by atoms with Crippen LogP contribution in [-0.4, -0.2) is 21.4 Å². The molecule has 1 aliphatic heterocycles. The zero-order chi connectivity index (χ0) is 24.6. The van der Waals surface area contributed by atoms with Crippen molar-refractivity contribution in [2.24, 2.45) is 11.8 Å². The van der Waals surface area contributed by atoms with Crippen LogP contribution < -0.4 is 16.3 Å². The molecule has 7 nitrogen and oxygen atoms in total. The minimum atomic E-state index is -1.21. The van der Waals surface area contributed by atoms with E-state index in [0.717, 1.165) is 17.6 Å². The fraction of sp³-hybridized carbons (Fsp3) is 0.500. The highest BCUT2D eigenvalue weighted by Crippen LogP contribution is 2.43. The third-order valence-corrected chi connectivity index (χ3v) is 6.46. The number of aliphatic hydroxyl groups excluding tert-OH is 2. The number of aromatic hydroxyl groups is 1. The Morgan fingerprint density at radius 3 is 2.33 bits per heavy atom. The van der Waals surface area contributed by atoms with E-state index in [-0.39, 0.29) is 34.7 Å². The van der Waals surface area contributed by atoms with Crippen molar-refractivity contribution in [2.75, 3.05) is 0 Å². The standard InChI is InChI=1S/C26H34O7/c1-8-16-21(28)20(26(30)31-23(16)14(6)12(2)3)19(15(7)27)25-22(29)18-11-9-10-17(13(4)5)24(18)32-33-25/h8,11-13,15,19,27-29H,9-10H2,1-7H3/b16-8-,23-14-. The zero-order valence-corrected chi connectivity index (χ0v) is 20.4. The summed E-state index contributed by atoms with van der Waals surface area (Å²) in [5, 5.41) is 33.2. The summed E-state index contributed by atoms with van der Waals surface area (Å²) in [6.45, 7) is 13.0. The average Bonchev–Trinajstić information content (AvgIpc) is 2.75. The van der Waals surface area contributed by atoms with Crippen LogP contribution in [0, 0.1) is 11.8 Å². The molecule has 0 amide bonds. The second kappa shape index (κ2) is 9.51. The predicted molar refractivity (Wildman–Crippen MR) is 125 cm³/mol. The Morgan fingerprint density at radius 2 is 1.79 bits per heavy atom. The second-order valence-corrected chi connectivity index (χ2v) is 9.28. The lowest BCUT2D eigenvalue weighted by Gasteiger charge is -2.31. The largest absolute Gasteiger partial charge is 0.507 e. The monoisotopic (exact) mass is 458 g/mol. The molecule has 2 aliphatic rings. The summed E-state index contributed by atoms with van der Waals surface area (Å²) in [7, 11) is 0. The van der Waals surface area contributed by atoms with E-state index in [2.05, 4.69) is 0 Å². The minimum Gasteiger partial charge on any atom is -0.507 e. The van der Waals surface area contributed by atoms with Gasteiger partial charge in [0, 0.05) is 0 Å². The molecule has 2 atom stereocenters. The lowest BCUT2D eigenvalue weighted by Crippen LogP contribution is -2.37. The van der Waals surface area contributed by atoms with Gasteiger partial charge in [0.15, 0.2) is 11.5 Å². The second-order valence-electron chi connectivity index (χ2n) is 9.28. The molecule has 0 radical (unpaired) electrons. The lowest BCUT2D eigenvalue weighted by molar-refractivity contribution is -0.240. The molecule has 0 spiro atoms. The lowest BCUT2D eigenvalue weighted by atomic mass is 9.86. The smallest absolute Gasteiger partial charge is 0.344 e. The van der Waals surface area contributed by atoms with Crippen molar-refractivity contribution < 1.29 is 29.5 Å². The van der Waals surface area contributed by atoms with Crippen LogP contribution in [0.5, 0.6) is 5.75 Å². The third-order valence-electron chi connectivity index (χ3n) is 6.46. The SMILES string of the molecule is C/C=c1/c(O)c(C(C2=C(O)C3=CCCC(C(C)C)=C3OO2)C(C)O)c(=O)o/c1=C(/C)C(C)C. The molecule has 1 aromatic heterocycles. The maximum Gasteiger partial charge on any atom is 0.344 e.